The first-order valence-electron chi connectivity index (χ1n) is 7.03. The van der Waals surface area contributed by atoms with E-state index in [2.05, 4.69) is 15.0 Å². The van der Waals surface area contributed by atoms with Crippen molar-refractivity contribution < 1.29 is 18.9 Å². The number of nitrogen functional groups attached to an aromatic ring is 1. The fraction of sp³-hybridized carbons (Fsp3) is 0.615. The quantitative estimate of drug-likeness (QED) is 0.737. The lowest BCUT2D eigenvalue weighted by Crippen LogP contribution is -2.36. The average molecular weight is 325 g/mol. The Morgan fingerprint density at radius 2 is 2.09 bits per heavy atom. The standard InChI is InChI=1S/C13H19N5O5/c1-20-4-6-8(21-2)9(22-3)12(23-6)18-5-15-7-10(18)16-13(14)17-11(7)19/h5-6,8-9,12H,4H2,1-3H3,(H3,14,16,17,19)/t6-,8?,9?,12-/m1/s1. The third kappa shape index (κ3) is 2.59. The van der Waals surface area contributed by atoms with Crippen molar-refractivity contribution in [2.45, 2.75) is 24.5 Å². The number of hydrogen-bond donors (Lipinski definition) is 2. The van der Waals surface area contributed by atoms with Crippen molar-refractivity contribution >= 4 is 17.1 Å². The normalized spacial score (nSPS) is 27.8. The topological polar surface area (TPSA) is 127 Å². The molecule has 1 aliphatic rings. The molecule has 0 radical (unpaired) electrons. The molecule has 1 aliphatic heterocycles. The van der Waals surface area contributed by atoms with Gasteiger partial charge in [0.2, 0.25) is 5.95 Å². The molecule has 126 valence electrons. The summed E-state index contributed by atoms with van der Waals surface area (Å²) in [5, 5.41) is 0. The number of methoxy groups -OCH3 is 3. The molecule has 0 bridgehead atoms. The summed E-state index contributed by atoms with van der Waals surface area (Å²) in [6.45, 7) is 0.345. The average Bonchev–Trinajstić information content (AvgIpc) is 3.08. The highest BCUT2D eigenvalue weighted by molar-refractivity contribution is 5.70. The largest absolute Gasteiger partial charge is 0.382 e. The zero-order valence-corrected chi connectivity index (χ0v) is 13.1. The predicted molar refractivity (Wildman–Crippen MR) is 79.9 cm³/mol. The smallest absolute Gasteiger partial charge is 0.280 e. The van der Waals surface area contributed by atoms with Crippen molar-refractivity contribution in [3.05, 3.63) is 16.7 Å². The summed E-state index contributed by atoms with van der Waals surface area (Å²) in [7, 11) is 4.73. The van der Waals surface area contributed by atoms with Gasteiger partial charge in [-0.15, -0.1) is 0 Å². The first-order chi connectivity index (χ1) is 11.1. The number of aromatic amines is 1. The number of nitrogens with two attached hydrogens (primary N) is 1. The number of anilines is 1. The highest BCUT2D eigenvalue weighted by Gasteiger charge is 2.46. The number of aromatic nitrogens is 4. The van der Waals surface area contributed by atoms with Gasteiger partial charge in [0, 0.05) is 21.3 Å². The van der Waals surface area contributed by atoms with Crippen molar-refractivity contribution in [3.8, 4) is 0 Å². The third-order valence-corrected chi connectivity index (χ3v) is 3.89. The molecule has 3 rings (SSSR count). The lowest BCUT2D eigenvalue weighted by atomic mass is 10.1. The summed E-state index contributed by atoms with van der Waals surface area (Å²) >= 11 is 0. The molecule has 2 unspecified atom stereocenters. The van der Waals surface area contributed by atoms with Gasteiger partial charge in [-0.3, -0.25) is 14.3 Å². The van der Waals surface area contributed by atoms with Gasteiger partial charge in [0.25, 0.3) is 5.56 Å². The van der Waals surface area contributed by atoms with E-state index in [1.165, 1.54) is 6.33 Å². The summed E-state index contributed by atoms with van der Waals surface area (Å²) in [4.78, 5) is 22.5. The Kier molecular flexibility index (Phi) is 4.31. The molecule has 0 aliphatic carbocycles. The molecule has 3 N–H and O–H groups in total. The fourth-order valence-electron chi connectivity index (χ4n) is 2.90. The Morgan fingerprint density at radius 1 is 1.35 bits per heavy atom. The molecule has 10 nitrogen and oxygen atoms in total. The van der Waals surface area contributed by atoms with Crippen molar-refractivity contribution in [1.29, 1.82) is 0 Å². The molecule has 0 saturated carbocycles. The molecule has 4 atom stereocenters. The van der Waals surface area contributed by atoms with Crippen LogP contribution in [0, 0.1) is 0 Å². The SMILES string of the molecule is COC[C@H]1O[C@@H](n2cnc3c(=O)[nH]c(N)nc32)C(OC)C1OC. The first kappa shape index (κ1) is 15.9. The molecular weight excluding hydrogens is 306 g/mol. The number of hydrogen-bond acceptors (Lipinski definition) is 8. The molecule has 2 aromatic rings. The zero-order chi connectivity index (χ0) is 16.6. The molecule has 0 aromatic carbocycles. The third-order valence-electron chi connectivity index (χ3n) is 3.89. The fourth-order valence-corrected chi connectivity index (χ4v) is 2.90. The van der Waals surface area contributed by atoms with Gasteiger partial charge in [0.1, 0.15) is 18.3 Å². The van der Waals surface area contributed by atoms with Crippen molar-refractivity contribution in [3.63, 3.8) is 0 Å². The van der Waals surface area contributed by atoms with Crippen LogP contribution in [0.1, 0.15) is 6.23 Å². The van der Waals surface area contributed by atoms with E-state index in [1.54, 1.807) is 25.9 Å². The van der Waals surface area contributed by atoms with Crippen LogP contribution in [0.2, 0.25) is 0 Å². The maximum absolute atomic E-state index is 11.9. The van der Waals surface area contributed by atoms with E-state index in [4.69, 9.17) is 24.7 Å². The first-order valence-corrected chi connectivity index (χ1v) is 7.03. The number of imidazole rings is 1. The Morgan fingerprint density at radius 3 is 2.74 bits per heavy atom. The van der Waals surface area contributed by atoms with Gasteiger partial charge in [-0.2, -0.15) is 4.98 Å². The Hall–Kier alpha value is -2.01. The van der Waals surface area contributed by atoms with E-state index >= 15 is 0 Å². The Labute approximate surface area is 131 Å². The molecule has 1 saturated heterocycles. The number of nitrogens with zero attached hydrogens (tertiary/aromatic N) is 3. The van der Waals surface area contributed by atoms with Crippen LogP contribution in [-0.2, 0) is 18.9 Å². The summed E-state index contributed by atoms with van der Waals surface area (Å²) in [6, 6.07) is 0. The van der Waals surface area contributed by atoms with Crippen molar-refractivity contribution in [2.24, 2.45) is 0 Å². The highest BCUT2D eigenvalue weighted by atomic mass is 16.6. The predicted octanol–water partition coefficient (Wildman–Crippen LogP) is -0.724. The van der Waals surface area contributed by atoms with Crippen LogP contribution in [0.5, 0.6) is 0 Å². The second-order valence-corrected chi connectivity index (χ2v) is 5.20. The number of ether oxygens (including phenoxy) is 4. The van der Waals surface area contributed by atoms with Gasteiger partial charge in [0.05, 0.1) is 12.9 Å². The molecule has 2 aromatic heterocycles. The summed E-state index contributed by atoms with van der Waals surface area (Å²) < 4.78 is 23.8. The number of H-pyrrole nitrogens is 1. The highest BCUT2D eigenvalue weighted by Crippen LogP contribution is 2.34. The Bertz CT molecular complexity index is 744. The van der Waals surface area contributed by atoms with E-state index in [0.717, 1.165) is 0 Å². The van der Waals surface area contributed by atoms with Gasteiger partial charge in [-0.05, 0) is 0 Å². The molecule has 1 fully saturated rings. The molecule has 23 heavy (non-hydrogen) atoms. The maximum atomic E-state index is 11.9. The van der Waals surface area contributed by atoms with E-state index in [1.807, 2.05) is 0 Å². The minimum Gasteiger partial charge on any atom is -0.382 e. The van der Waals surface area contributed by atoms with E-state index in [0.29, 0.717) is 12.3 Å². The molecule has 0 spiro atoms. The van der Waals surface area contributed by atoms with E-state index < -0.39 is 17.9 Å². The van der Waals surface area contributed by atoms with Crippen LogP contribution in [0.3, 0.4) is 0 Å². The van der Waals surface area contributed by atoms with Crippen molar-refractivity contribution in [2.75, 3.05) is 33.7 Å². The van der Waals surface area contributed by atoms with Gasteiger partial charge < -0.3 is 24.7 Å². The van der Waals surface area contributed by atoms with Crippen LogP contribution < -0.4 is 11.3 Å². The van der Waals surface area contributed by atoms with Gasteiger partial charge in [0.15, 0.2) is 17.4 Å². The summed E-state index contributed by atoms with van der Waals surface area (Å²) in [5.74, 6) is 0.00736. The number of rotatable bonds is 5. The lowest BCUT2D eigenvalue weighted by Gasteiger charge is -2.21. The maximum Gasteiger partial charge on any atom is 0.280 e. The van der Waals surface area contributed by atoms with Gasteiger partial charge in [-0.1, -0.05) is 0 Å². The monoisotopic (exact) mass is 325 g/mol. The van der Waals surface area contributed by atoms with Crippen LogP contribution in [0.15, 0.2) is 11.1 Å². The van der Waals surface area contributed by atoms with Crippen LogP contribution >= 0.6 is 0 Å². The van der Waals surface area contributed by atoms with Gasteiger partial charge in [-0.25, -0.2) is 4.98 Å². The second-order valence-electron chi connectivity index (χ2n) is 5.20. The second kappa shape index (κ2) is 6.24. The number of nitrogens with one attached hydrogen (secondary N) is 1. The molecule has 0 amide bonds. The summed E-state index contributed by atoms with van der Waals surface area (Å²) in [6.07, 6.45) is -0.160. The Balaban J connectivity index is 2.05. The van der Waals surface area contributed by atoms with E-state index in [9.17, 15) is 4.79 Å². The summed E-state index contributed by atoms with van der Waals surface area (Å²) in [5.41, 5.74) is 5.72. The van der Waals surface area contributed by atoms with E-state index in [-0.39, 0.29) is 23.7 Å². The molecule has 3 heterocycles. The minimum absolute atomic E-state index is 0.00736. The molecular formula is C13H19N5O5. The van der Waals surface area contributed by atoms with Crippen molar-refractivity contribution in [1.82, 2.24) is 19.5 Å². The molecule has 10 heteroatoms. The minimum atomic E-state index is -0.566. The number of fused-ring (bicyclic) bond motifs is 1. The van der Waals surface area contributed by atoms with Crippen LogP contribution in [0.4, 0.5) is 5.95 Å². The zero-order valence-electron chi connectivity index (χ0n) is 13.1. The van der Waals surface area contributed by atoms with Crippen LogP contribution in [-0.4, -0.2) is 65.8 Å². The van der Waals surface area contributed by atoms with Gasteiger partial charge >= 0.3 is 0 Å². The van der Waals surface area contributed by atoms with Crippen LogP contribution in [0.25, 0.3) is 11.2 Å². The lowest BCUT2D eigenvalue weighted by molar-refractivity contribution is -0.0636.